The van der Waals surface area contributed by atoms with Gasteiger partial charge in [0, 0.05) is 26.1 Å². The highest BCUT2D eigenvalue weighted by molar-refractivity contribution is 5.73. The fraction of sp³-hybridized carbons (Fsp3) is 0.846. The first-order chi connectivity index (χ1) is 9.02. The molecular weight excluding hydrogens is 248 g/mol. The molecule has 6 nitrogen and oxygen atoms in total. The Bertz CT molecular complexity index is 257. The third-order valence-corrected chi connectivity index (χ3v) is 2.47. The number of carboxylic acids is 1. The Labute approximate surface area is 114 Å². The molecule has 0 aliphatic heterocycles. The van der Waals surface area contributed by atoms with Gasteiger partial charge in [0.05, 0.1) is 6.61 Å². The average molecular weight is 274 g/mol. The number of ether oxygens (including phenoxy) is 1. The van der Waals surface area contributed by atoms with E-state index in [4.69, 9.17) is 9.84 Å². The van der Waals surface area contributed by atoms with Gasteiger partial charge in [0.2, 0.25) is 0 Å². The van der Waals surface area contributed by atoms with E-state index in [2.05, 4.69) is 24.5 Å². The molecule has 6 heteroatoms. The number of hydrogen-bond donors (Lipinski definition) is 3. The van der Waals surface area contributed by atoms with Crippen LogP contribution in [0.25, 0.3) is 0 Å². The van der Waals surface area contributed by atoms with Crippen molar-refractivity contribution in [2.75, 3.05) is 26.3 Å². The monoisotopic (exact) mass is 274 g/mol. The van der Waals surface area contributed by atoms with Gasteiger partial charge in [-0.3, -0.25) is 4.79 Å². The summed E-state index contributed by atoms with van der Waals surface area (Å²) in [5.74, 6) is -0.176. The molecule has 0 radical (unpaired) electrons. The molecule has 0 aliphatic carbocycles. The van der Waals surface area contributed by atoms with Crippen molar-refractivity contribution in [2.45, 2.75) is 39.5 Å². The molecule has 0 spiro atoms. The smallest absolute Gasteiger partial charge is 0.314 e. The van der Waals surface area contributed by atoms with Crippen LogP contribution < -0.4 is 10.6 Å². The molecule has 0 aliphatic rings. The van der Waals surface area contributed by atoms with Crippen LogP contribution in [-0.4, -0.2) is 43.4 Å². The molecule has 2 amide bonds. The van der Waals surface area contributed by atoms with E-state index in [1.165, 1.54) is 0 Å². The maximum absolute atomic E-state index is 11.3. The molecule has 0 saturated carbocycles. The molecule has 19 heavy (non-hydrogen) atoms. The van der Waals surface area contributed by atoms with Crippen LogP contribution in [0.4, 0.5) is 4.79 Å². The van der Waals surface area contributed by atoms with Crippen molar-refractivity contribution in [1.29, 1.82) is 0 Å². The van der Waals surface area contributed by atoms with Gasteiger partial charge in [-0.05, 0) is 25.2 Å². The SMILES string of the molecule is CC(C)CCOCCNC(=O)NCCCCC(=O)O. The van der Waals surface area contributed by atoms with Gasteiger partial charge in [0.15, 0.2) is 0 Å². The number of hydrogen-bond acceptors (Lipinski definition) is 3. The maximum Gasteiger partial charge on any atom is 0.314 e. The highest BCUT2D eigenvalue weighted by atomic mass is 16.5. The molecule has 0 aromatic carbocycles. The summed E-state index contributed by atoms with van der Waals surface area (Å²) in [4.78, 5) is 21.5. The van der Waals surface area contributed by atoms with Gasteiger partial charge >= 0.3 is 12.0 Å². The normalized spacial score (nSPS) is 10.5. The van der Waals surface area contributed by atoms with E-state index in [1.807, 2.05) is 0 Å². The van der Waals surface area contributed by atoms with Crippen LogP contribution in [0.2, 0.25) is 0 Å². The zero-order valence-corrected chi connectivity index (χ0v) is 11.9. The Hall–Kier alpha value is -1.30. The number of urea groups is 1. The van der Waals surface area contributed by atoms with E-state index in [0.29, 0.717) is 38.5 Å². The molecule has 0 aromatic rings. The fourth-order valence-electron chi connectivity index (χ4n) is 1.32. The summed E-state index contributed by atoms with van der Waals surface area (Å²) in [7, 11) is 0. The Balaban J connectivity index is 3.23. The molecule has 0 atom stereocenters. The third-order valence-electron chi connectivity index (χ3n) is 2.47. The van der Waals surface area contributed by atoms with Gasteiger partial charge in [-0.25, -0.2) is 4.79 Å². The van der Waals surface area contributed by atoms with Crippen molar-refractivity contribution >= 4 is 12.0 Å². The second kappa shape index (κ2) is 11.8. The van der Waals surface area contributed by atoms with E-state index < -0.39 is 5.97 Å². The van der Waals surface area contributed by atoms with Gasteiger partial charge in [-0.15, -0.1) is 0 Å². The first-order valence-electron chi connectivity index (χ1n) is 6.83. The zero-order chi connectivity index (χ0) is 14.5. The first-order valence-corrected chi connectivity index (χ1v) is 6.83. The largest absolute Gasteiger partial charge is 0.481 e. The van der Waals surface area contributed by atoms with Crippen molar-refractivity contribution in [3.05, 3.63) is 0 Å². The quantitative estimate of drug-likeness (QED) is 0.499. The Morgan fingerprint density at radius 2 is 1.79 bits per heavy atom. The molecule has 0 aromatic heterocycles. The summed E-state index contributed by atoms with van der Waals surface area (Å²) in [5.41, 5.74) is 0. The van der Waals surface area contributed by atoms with Crippen LogP contribution >= 0.6 is 0 Å². The summed E-state index contributed by atoms with van der Waals surface area (Å²) in [6.07, 6.45) is 2.42. The van der Waals surface area contributed by atoms with Crippen molar-refractivity contribution < 1.29 is 19.4 Å². The number of rotatable bonds is 11. The predicted molar refractivity (Wildman–Crippen MR) is 73.2 cm³/mol. The van der Waals surface area contributed by atoms with Gasteiger partial charge in [0.1, 0.15) is 0 Å². The summed E-state index contributed by atoms with van der Waals surface area (Å²) in [6.45, 7) is 6.49. The molecular formula is C13H26N2O4. The standard InChI is InChI=1S/C13H26N2O4/c1-11(2)6-9-19-10-8-15-13(18)14-7-4-3-5-12(16)17/h11H,3-10H2,1-2H3,(H,16,17)(H2,14,15,18). The number of carbonyl (C=O) groups excluding carboxylic acids is 1. The molecule has 0 heterocycles. The summed E-state index contributed by atoms with van der Waals surface area (Å²) in [5, 5.41) is 13.8. The number of nitrogens with one attached hydrogen (secondary N) is 2. The molecule has 0 bridgehead atoms. The van der Waals surface area contributed by atoms with Crippen molar-refractivity contribution in [3.8, 4) is 0 Å². The molecule has 0 rings (SSSR count). The Morgan fingerprint density at radius 3 is 2.42 bits per heavy atom. The number of carboxylic acid groups (broad SMARTS) is 1. The van der Waals surface area contributed by atoms with Gasteiger partial charge in [-0.2, -0.15) is 0 Å². The summed E-state index contributed by atoms with van der Waals surface area (Å²) in [6, 6.07) is -0.234. The lowest BCUT2D eigenvalue weighted by Crippen LogP contribution is -2.37. The van der Waals surface area contributed by atoms with Crippen LogP contribution in [0.1, 0.15) is 39.5 Å². The molecule has 0 fully saturated rings. The topological polar surface area (TPSA) is 87.7 Å². The Kier molecular flexibility index (Phi) is 11.0. The van der Waals surface area contributed by atoms with E-state index in [9.17, 15) is 9.59 Å². The van der Waals surface area contributed by atoms with Crippen LogP contribution in [0.3, 0.4) is 0 Å². The first kappa shape index (κ1) is 17.7. The fourth-order valence-corrected chi connectivity index (χ4v) is 1.32. The molecule has 3 N–H and O–H groups in total. The van der Waals surface area contributed by atoms with E-state index in [0.717, 1.165) is 13.0 Å². The number of carbonyl (C=O) groups is 2. The van der Waals surface area contributed by atoms with Crippen LogP contribution in [0.5, 0.6) is 0 Å². The predicted octanol–water partition coefficient (Wildman–Crippen LogP) is 1.60. The minimum atomic E-state index is -0.803. The van der Waals surface area contributed by atoms with Gasteiger partial charge < -0.3 is 20.5 Å². The van der Waals surface area contributed by atoms with Crippen molar-refractivity contribution in [3.63, 3.8) is 0 Å². The van der Waals surface area contributed by atoms with E-state index in [1.54, 1.807) is 0 Å². The lowest BCUT2D eigenvalue weighted by molar-refractivity contribution is -0.137. The average Bonchev–Trinajstić information content (AvgIpc) is 2.32. The maximum atomic E-state index is 11.3. The highest BCUT2D eigenvalue weighted by Gasteiger charge is 2.00. The third kappa shape index (κ3) is 14.6. The van der Waals surface area contributed by atoms with Crippen LogP contribution in [0.15, 0.2) is 0 Å². The zero-order valence-electron chi connectivity index (χ0n) is 11.9. The van der Waals surface area contributed by atoms with Crippen LogP contribution in [-0.2, 0) is 9.53 Å². The second-order valence-corrected chi connectivity index (χ2v) is 4.83. The minimum absolute atomic E-state index is 0.146. The van der Waals surface area contributed by atoms with Gasteiger partial charge in [-0.1, -0.05) is 13.8 Å². The molecule has 112 valence electrons. The number of aliphatic carboxylic acids is 1. The van der Waals surface area contributed by atoms with Gasteiger partial charge in [0.25, 0.3) is 0 Å². The van der Waals surface area contributed by atoms with Crippen molar-refractivity contribution in [2.24, 2.45) is 5.92 Å². The number of amides is 2. The molecule has 0 saturated heterocycles. The summed E-state index contributed by atoms with van der Waals surface area (Å²) >= 11 is 0. The molecule has 0 unspecified atom stereocenters. The lowest BCUT2D eigenvalue weighted by Gasteiger charge is -2.08. The van der Waals surface area contributed by atoms with E-state index >= 15 is 0 Å². The lowest BCUT2D eigenvalue weighted by atomic mass is 10.1. The second-order valence-electron chi connectivity index (χ2n) is 4.83. The Morgan fingerprint density at radius 1 is 1.11 bits per heavy atom. The van der Waals surface area contributed by atoms with Crippen LogP contribution in [0, 0.1) is 5.92 Å². The number of unbranched alkanes of at least 4 members (excludes halogenated alkanes) is 1. The minimum Gasteiger partial charge on any atom is -0.481 e. The van der Waals surface area contributed by atoms with E-state index in [-0.39, 0.29) is 12.5 Å². The summed E-state index contributed by atoms with van der Waals surface area (Å²) < 4.78 is 5.36. The highest BCUT2D eigenvalue weighted by Crippen LogP contribution is 1.98. The van der Waals surface area contributed by atoms with Crippen molar-refractivity contribution in [1.82, 2.24) is 10.6 Å².